The van der Waals surface area contributed by atoms with Gasteiger partial charge in [-0.2, -0.15) is 5.26 Å². The minimum Gasteiger partial charge on any atom is -0.376 e. The van der Waals surface area contributed by atoms with Gasteiger partial charge in [0.1, 0.15) is 6.07 Å². The van der Waals surface area contributed by atoms with Crippen molar-refractivity contribution in [1.29, 1.82) is 5.26 Å². The van der Waals surface area contributed by atoms with Crippen LogP contribution in [0.2, 0.25) is 0 Å². The third kappa shape index (κ3) is 2.61. The predicted molar refractivity (Wildman–Crippen MR) is 119 cm³/mol. The molecular weight excluding hydrogens is 368 g/mol. The lowest BCUT2D eigenvalue weighted by molar-refractivity contribution is 0.111. The summed E-state index contributed by atoms with van der Waals surface area (Å²) < 4.78 is 5.89. The molecule has 30 heavy (non-hydrogen) atoms. The Morgan fingerprint density at radius 1 is 0.800 bits per heavy atom. The van der Waals surface area contributed by atoms with E-state index in [0.29, 0.717) is 13.2 Å². The molecule has 3 aliphatic rings. The molecule has 6 rings (SSSR count). The number of aryl methyl sites for hydroxylation is 1. The van der Waals surface area contributed by atoms with Crippen LogP contribution in [-0.4, -0.2) is 13.2 Å². The highest BCUT2D eigenvalue weighted by molar-refractivity contribution is 5.86. The van der Waals surface area contributed by atoms with Gasteiger partial charge in [-0.1, -0.05) is 48.5 Å². The molecule has 0 saturated carbocycles. The zero-order valence-corrected chi connectivity index (χ0v) is 17.1. The number of nitrogens with zero attached hydrogens (tertiary/aromatic N) is 2. The van der Waals surface area contributed by atoms with Crippen LogP contribution >= 0.6 is 0 Å². The van der Waals surface area contributed by atoms with Crippen molar-refractivity contribution in [3.05, 3.63) is 87.5 Å². The molecule has 0 radical (unpaired) electrons. The van der Waals surface area contributed by atoms with Gasteiger partial charge >= 0.3 is 0 Å². The van der Waals surface area contributed by atoms with Crippen LogP contribution < -0.4 is 4.90 Å². The lowest BCUT2D eigenvalue weighted by Crippen LogP contribution is -2.33. The lowest BCUT2D eigenvalue weighted by atomic mass is 9.77. The first-order valence-corrected chi connectivity index (χ1v) is 10.9. The second kappa shape index (κ2) is 7.00. The van der Waals surface area contributed by atoms with Crippen molar-refractivity contribution >= 4 is 5.69 Å². The van der Waals surface area contributed by atoms with Crippen LogP contribution in [0.15, 0.2) is 48.5 Å². The molecule has 2 aliphatic heterocycles. The molecule has 0 aromatic heterocycles. The van der Waals surface area contributed by atoms with E-state index in [1.54, 1.807) is 0 Å². The summed E-state index contributed by atoms with van der Waals surface area (Å²) >= 11 is 0. The summed E-state index contributed by atoms with van der Waals surface area (Å²) in [6.45, 7) is 3.16. The Kier molecular flexibility index (Phi) is 4.14. The van der Waals surface area contributed by atoms with Crippen molar-refractivity contribution in [2.24, 2.45) is 0 Å². The van der Waals surface area contributed by atoms with Crippen LogP contribution in [0.1, 0.15) is 38.9 Å². The Morgan fingerprint density at radius 3 is 2.47 bits per heavy atom. The Bertz CT molecular complexity index is 1200. The summed E-state index contributed by atoms with van der Waals surface area (Å²) in [4.78, 5) is 2.48. The quantitative estimate of drug-likeness (QED) is 0.587. The third-order valence-corrected chi connectivity index (χ3v) is 7.02. The van der Waals surface area contributed by atoms with Gasteiger partial charge in [0.25, 0.3) is 0 Å². The molecule has 0 N–H and O–H groups in total. The summed E-state index contributed by atoms with van der Waals surface area (Å²) in [7, 11) is 0. The van der Waals surface area contributed by atoms with Gasteiger partial charge in [-0.15, -0.1) is 0 Å². The van der Waals surface area contributed by atoms with Crippen LogP contribution in [0.5, 0.6) is 0 Å². The summed E-state index contributed by atoms with van der Waals surface area (Å²) in [5, 5.41) is 10.3. The van der Waals surface area contributed by atoms with Gasteiger partial charge in [0.15, 0.2) is 0 Å². The van der Waals surface area contributed by atoms with E-state index in [2.05, 4.69) is 59.5 Å². The predicted octanol–water partition coefficient (Wildman–Crippen LogP) is 4.96. The molecule has 3 heteroatoms. The molecule has 3 aromatic rings. The van der Waals surface area contributed by atoms with Crippen LogP contribution in [0.3, 0.4) is 0 Å². The largest absolute Gasteiger partial charge is 0.376 e. The molecule has 0 unspecified atom stereocenters. The van der Waals surface area contributed by atoms with Crippen LogP contribution in [0, 0.1) is 11.3 Å². The van der Waals surface area contributed by atoms with Gasteiger partial charge in [0.05, 0.1) is 24.5 Å². The highest BCUT2D eigenvalue weighted by Crippen LogP contribution is 2.46. The van der Waals surface area contributed by atoms with E-state index in [4.69, 9.17) is 4.74 Å². The van der Waals surface area contributed by atoms with Gasteiger partial charge < -0.3 is 9.64 Å². The Morgan fingerprint density at radius 2 is 1.60 bits per heavy atom. The van der Waals surface area contributed by atoms with E-state index in [1.165, 1.54) is 50.2 Å². The maximum atomic E-state index is 10.3. The SMILES string of the molecule is N#Cc1c2c(c3c(c1N1CCc4ccccc4C1)CCc1ccccc1-3)COCC2. The highest BCUT2D eigenvalue weighted by Gasteiger charge is 2.32. The Labute approximate surface area is 177 Å². The van der Waals surface area contributed by atoms with Crippen molar-refractivity contribution in [3.63, 3.8) is 0 Å². The third-order valence-electron chi connectivity index (χ3n) is 7.02. The fourth-order valence-corrected chi connectivity index (χ4v) is 5.65. The fourth-order valence-electron chi connectivity index (χ4n) is 5.65. The maximum absolute atomic E-state index is 10.3. The van der Waals surface area contributed by atoms with Gasteiger partial charge in [0.2, 0.25) is 0 Å². The summed E-state index contributed by atoms with van der Waals surface area (Å²) in [6.07, 6.45) is 3.88. The number of rotatable bonds is 1. The van der Waals surface area contributed by atoms with E-state index in [1.807, 2.05) is 0 Å². The molecule has 3 aromatic carbocycles. The normalized spacial score (nSPS) is 16.7. The van der Waals surface area contributed by atoms with Crippen molar-refractivity contribution in [2.75, 3.05) is 18.1 Å². The average molecular weight is 393 g/mol. The van der Waals surface area contributed by atoms with Gasteiger partial charge in [0, 0.05) is 13.1 Å². The number of nitriles is 1. The summed E-state index contributed by atoms with van der Waals surface area (Å²) in [5.41, 5.74) is 12.8. The Balaban J connectivity index is 1.60. The number of benzene rings is 3. The molecule has 0 fully saturated rings. The topological polar surface area (TPSA) is 36.3 Å². The lowest BCUT2D eigenvalue weighted by Gasteiger charge is -2.37. The fraction of sp³-hybridized carbons (Fsp3) is 0.296. The Hall–Kier alpha value is -3.09. The molecule has 1 aliphatic carbocycles. The maximum Gasteiger partial charge on any atom is 0.102 e. The zero-order valence-electron chi connectivity index (χ0n) is 17.1. The first kappa shape index (κ1) is 17.7. The minimum absolute atomic E-state index is 0.615. The van der Waals surface area contributed by atoms with Gasteiger partial charge in [-0.3, -0.25) is 0 Å². The van der Waals surface area contributed by atoms with E-state index in [-0.39, 0.29) is 0 Å². The first-order chi connectivity index (χ1) is 14.8. The first-order valence-electron chi connectivity index (χ1n) is 10.9. The van der Waals surface area contributed by atoms with Crippen molar-refractivity contribution in [3.8, 4) is 17.2 Å². The molecule has 3 nitrogen and oxygen atoms in total. The van der Waals surface area contributed by atoms with Crippen LogP contribution in [0.25, 0.3) is 11.1 Å². The average Bonchev–Trinajstić information content (AvgIpc) is 2.82. The number of ether oxygens (including phenoxy) is 1. The number of fused-ring (bicyclic) bond motifs is 6. The molecule has 0 amide bonds. The monoisotopic (exact) mass is 392 g/mol. The van der Waals surface area contributed by atoms with E-state index >= 15 is 0 Å². The zero-order chi connectivity index (χ0) is 20.1. The minimum atomic E-state index is 0.615. The van der Waals surface area contributed by atoms with Crippen molar-refractivity contribution in [1.82, 2.24) is 0 Å². The van der Waals surface area contributed by atoms with E-state index in [0.717, 1.165) is 44.3 Å². The number of hydrogen-bond donors (Lipinski definition) is 0. The van der Waals surface area contributed by atoms with E-state index < -0.39 is 0 Å². The second-order valence-electron chi connectivity index (χ2n) is 8.55. The van der Waals surface area contributed by atoms with Crippen molar-refractivity contribution < 1.29 is 4.74 Å². The second-order valence-corrected chi connectivity index (χ2v) is 8.55. The highest BCUT2D eigenvalue weighted by atomic mass is 16.5. The number of hydrogen-bond acceptors (Lipinski definition) is 3. The molecule has 0 atom stereocenters. The van der Waals surface area contributed by atoms with Gasteiger partial charge in [-0.25, -0.2) is 0 Å². The molecule has 148 valence electrons. The molecule has 2 heterocycles. The van der Waals surface area contributed by atoms with Crippen LogP contribution in [0.4, 0.5) is 5.69 Å². The summed E-state index contributed by atoms with van der Waals surface area (Å²) in [6, 6.07) is 20.1. The molecule has 0 spiro atoms. The van der Waals surface area contributed by atoms with E-state index in [9.17, 15) is 5.26 Å². The van der Waals surface area contributed by atoms with Crippen molar-refractivity contribution in [2.45, 2.75) is 38.8 Å². The molecule has 0 bridgehead atoms. The molecular formula is C27H24N2O. The number of anilines is 1. The molecule has 0 saturated heterocycles. The van der Waals surface area contributed by atoms with Gasteiger partial charge in [-0.05, 0) is 70.2 Å². The van der Waals surface area contributed by atoms with Crippen LogP contribution in [-0.2, 0) is 43.6 Å². The summed E-state index contributed by atoms with van der Waals surface area (Å²) in [5.74, 6) is 0. The smallest absolute Gasteiger partial charge is 0.102 e. The standard InChI is InChI=1S/C27H24N2O/c28-15-24-22-12-14-30-17-25(22)26-21-8-4-3-6-19(21)9-10-23(26)27(24)29-13-11-18-5-1-2-7-20(18)16-29/h1-8H,9-14,16-17H2.